The number of anilines is 2. The molecule has 0 spiro atoms. The average molecular weight is 499 g/mol. The molecule has 34 heavy (non-hydrogen) atoms. The van der Waals surface area contributed by atoms with E-state index in [-0.39, 0.29) is 11.7 Å². The number of carbonyl (C=O) groups excluding carboxylic acids is 2. The zero-order chi connectivity index (χ0) is 24.4. The van der Waals surface area contributed by atoms with Crippen molar-refractivity contribution in [3.8, 4) is 11.4 Å². The summed E-state index contributed by atoms with van der Waals surface area (Å²) in [7, 11) is 4.00. The van der Waals surface area contributed by atoms with Crippen molar-refractivity contribution < 1.29 is 9.59 Å². The van der Waals surface area contributed by atoms with E-state index in [1.165, 1.54) is 23.1 Å². The maximum atomic E-state index is 12.8. The number of nitrogens with zero attached hydrogens (tertiary/aromatic N) is 4. The van der Waals surface area contributed by atoms with Crippen LogP contribution in [0.3, 0.4) is 0 Å². The highest BCUT2D eigenvalue weighted by atomic mass is 32.2. The van der Waals surface area contributed by atoms with Gasteiger partial charge in [-0.25, -0.2) is 0 Å². The standard InChI is InChI=1S/C24H30N6O2S2/c1-5-30-22(15-7-6-8-16(12-15)29(3)4)27-28-24(30)33-13-19(31)26-23-20(21(25)32)17-10-9-14(2)11-18(17)34-23/h6-8,12,14H,5,9-11,13H2,1-4H3,(H2,25,32)(H,26,31). The lowest BCUT2D eigenvalue weighted by molar-refractivity contribution is -0.113. The Hall–Kier alpha value is -2.85. The largest absolute Gasteiger partial charge is 0.378 e. The number of benzene rings is 1. The molecule has 1 aromatic carbocycles. The molecule has 10 heteroatoms. The van der Waals surface area contributed by atoms with Crippen molar-refractivity contribution in [2.24, 2.45) is 11.7 Å². The van der Waals surface area contributed by atoms with Crippen LogP contribution in [-0.4, -0.2) is 46.4 Å². The highest BCUT2D eigenvalue weighted by molar-refractivity contribution is 7.99. The molecular weight excluding hydrogens is 468 g/mol. The van der Waals surface area contributed by atoms with Crippen LogP contribution in [-0.2, 0) is 24.2 Å². The second-order valence-electron chi connectivity index (χ2n) is 8.75. The van der Waals surface area contributed by atoms with Gasteiger partial charge in [0.2, 0.25) is 5.91 Å². The molecule has 0 aliphatic heterocycles. The van der Waals surface area contributed by atoms with E-state index in [1.54, 1.807) is 0 Å². The third-order valence-electron chi connectivity index (χ3n) is 6.00. The van der Waals surface area contributed by atoms with Gasteiger partial charge in [-0.05, 0) is 49.8 Å². The van der Waals surface area contributed by atoms with Gasteiger partial charge in [0, 0.05) is 36.8 Å². The minimum atomic E-state index is -0.481. The lowest BCUT2D eigenvalue weighted by Gasteiger charge is -2.18. The third-order valence-corrected chi connectivity index (χ3v) is 8.13. The van der Waals surface area contributed by atoms with Gasteiger partial charge in [-0.15, -0.1) is 21.5 Å². The van der Waals surface area contributed by atoms with Crippen molar-refractivity contribution in [3.63, 3.8) is 0 Å². The Morgan fingerprint density at radius 1 is 1.32 bits per heavy atom. The normalized spacial score (nSPS) is 15.1. The first-order chi connectivity index (χ1) is 16.3. The molecule has 0 saturated carbocycles. The fourth-order valence-corrected chi connectivity index (χ4v) is 6.44. The molecule has 1 aliphatic carbocycles. The lowest BCUT2D eigenvalue weighted by atomic mass is 9.88. The maximum Gasteiger partial charge on any atom is 0.251 e. The van der Waals surface area contributed by atoms with Gasteiger partial charge in [0.25, 0.3) is 5.91 Å². The summed E-state index contributed by atoms with van der Waals surface area (Å²) in [6.07, 6.45) is 2.77. The van der Waals surface area contributed by atoms with Crippen LogP contribution in [0.1, 0.15) is 41.1 Å². The summed E-state index contributed by atoms with van der Waals surface area (Å²) in [5.41, 5.74) is 9.21. The number of nitrogens with one attached hydrogen (secondary N) is 1. The molecule has 1 unspecified atom stereocenters. The number of hydrogen-bond donors (Lipinski definition) is 2. The number of thiophene rings is 1. The smallest absolute Gasteiger partial charge is 0.251 e. The number of amides is 2. The van der Waals surface area contributed by atoms with E-state index in [1.807, 2.05) is 48.7 Å². The van der Waals surface area contributed by atoms with Crippen LogP contribution in [0.2, 0.25) is 0 Å². The fourth-order valence-electron chi connectivity index (χ4n) is 4.21. The summed E-state index contributed by atoms with van der Waals surface area (Å²) < 4.78 is 2.01. The molecule has 1 atom stereocenters. The van der Waals surface area contributed by atoms with Crippen molar-refractivity contribution >= 4 is 45.6 Å². The molecule has 0 bridgehead atoms. The van der Waals surface area contributed by atoms with Gasteiger partial charge < -0.3 is 20.5 Å². The van der Waals surface area contributed by atoms with Crippen LogP contribution in [0.25, 0.3) is 11.4 Å². The van der Waals surface area contributed by atoms with Gasteiger partial charge in [0.05, 0.1) is 11.3 Å². The average Bonchev–Trinajstić information content (AvgIpc) is 3.37. The van der Waals surface area contributed by atoms with Crippen LogP contribution < -0.4 is 16.0 Å². The molecule has 8 nitrogen and oxygen atoms in total. The molecule has 180 valence electrons. The number of nitrogens with two attached hydrogens (primary N) is 1. The van der Waals surface area contributed by atoms with E-state index < -0.39 is 5.91 Å². The summed E-state index contributed by atoms with van der Waals surface area (Å²) in [5, 5.41) is 12.9. The number of thioether (sulfide) groups is 1. The number of hydrogen-bond acceptors (Lipinski definition) is 7. The fraction of sp³-hybridized carbons (Fsp3) is 0.417. The molecule has 0 saturated heterocycles. The van der Waals surface area contributed by atoms with Gasteiger partial charge in [-0.1, -0.05) is 30.8 Å². The van der Waals surface area contributed by atoms with Crippen molar-refractivity contribution in [3.05, 3.63) is 40.3 Å². The molecule has 2 amide bonds. The molecule has 3 N–H and O–H groups in total. The SMILES string of the molecule is CCn1c(SCC(=O)Nc2sc3c(c2C(N)=O)CCC(C)C3)nnc1-c1cccc(N(C)C)c1. The quantitative estimate of drug-likeness (QED) is 0.454. The molecule has 4 rings (SSSR count). The number of rotatable bonds is 8. The van der Waals surface area contributed by atoms with Gasteiger partial charge in [0.15, 0.2) is 11.0 Å². The monoisotopic (exact) mass is 498 g/mol. The van der Waals surface area contributed by atoms with Crippen LogP contribution in [0.5, 0.6) is 0 Å². The number of fused-ring (bicyclic) bond motifs is 1. The summed E-state index contributed by atoms with van der Waals surface area (Å²) in [6, 6.07) is 8.12. The second-order valence-corrected chi connectivity index (χ2v) is 10.8. The first kappa shape index (κ1) is 24.3. The van der Waals surface area contributed by atoms with E-state index in [2.05, 4.69) is 28.5 Å². The van der Waals surface area contributed by atoms with Crippen molar-refractivity contribution in [1.82, 2.24) is 14.8 Å². The number of primary amides is 1. The Kier molecular flexibility index (Phi) is 7.27. The Morgan fingerprint density at radius 3 is 2.82 bits per heavy atom. The minimum Gasteiger partial charge on any atom is -0.378 e. The van der Waals surface area contributed by atoms with Gasteiger partial charge >= 0.3 is 0 Å². The summed E-state index contributed by atoms with van der Waals surface area (Å²) in [6.45, 7) is 4.92. The molecular formula is C24H30N6O2S2. The first-order valence-electron chi connectivity index (χ1n) is 11.4. The van der Waals surface area contributed by atoms with Crippen molar-refractivity contribution in [2.75, 3.05) is 30.1 Å². The summed E-state index contributed by atoms with van der Waals surface area (Å²) in [4.78, 5) is 28.1. The highest BCUT2D eigenvalue weighted by Crippen LogP contribution is 2.39. The predicted molar refractivity (Wildman–Crippen MR) is 139 cm³/mol. The Bertz CT molecular complexity index is 1220. The van der Waals surface area contributed by atoms with E-state index in [0.29, 0.717) is 28.2 Å². The van der Waals surface area contributed by atoms with E-state index in [9.17, 15) is 9.59 Å². The van der Waals surface area contributed by atoms with E-state index >= 15 is 0 Å². The summed E-state index contributed by atoms with van der Waals surface area (Å²) in [5.74, 6) is 0.822. The molecule has 0 radical (unpaired) electrons. The van der Waals surface area contributed by atoms with Crippen LogP contribution in [0, 0.1) is 5.92 Å². The topological polar surface area (TPSA) is 106 Å². The van der Waals surface area contributed by atoms with Gasteiger partial charge in [-0.2, -0.15) is 0 Å². The zero-order valence-electron chi connectivity index (χ0n) is 19.9. The van der Waals surface area contributed by atoms with Gasteiger partial charge in [-0.3, -0.25) is 9.59 Å². The Labute approximate surface area is 207 Å². The van der Waals surface area contributed by atoms with E-state index in [0.717, 1.165) is 46.8 Å². The minimum absolute atomic E-state index is 0.160. The van der Waals surface area contributed by atoms with Crippen LogP contribution in [0.15, 0.2) is 29.4 Å². The Morgan fingerprint density at radius 2 is 2.12 bits per heavy atom. The van der Waals surface area contributed by atoms with E-state index in [4.69, 9.17) is 5.73 Å². The van der Waals surface area contributed by atoms with Crippen molar-refractivity contribution in [1.29, 1.82) is 0 Å². The van der Waals surface area contributed by atoms with Crippen molar-refractivity contribution in [2.45, 2.75) is 44.8 Å². The van der Waals surface area contributed by atoms with Gasteiger partial charge in [0.1, 0.15) is 5.00 Å². The molecule has 3 aromatic rings. The number of aromatic nitrogens is 3. The van der Waals surface area contributed by atoms with Crippen LogP contribution >= 0.6 is 23.1 Å². The molecule has 1 aliphatic rings. The maximum absolute atomic E-state index is 12.8. The molecule has 2 aromatic heterocycles. The first-order valence-corrected chi connectivity index (χ1v) is 13.2. The van der Waals surface area contributed by atoms with Crippen LogP contribution in [0.4, 0.5) is 10.7 Å². The third kappa shape index (κ3) is 4.97. The lowest BCUT2D eigenvalue weighted by Crippen LogP contribution is -2.20. The molecule has 2 heterocycles. The second kappa shape index (κ2) is 10.2. The highest BCUT2D eigenvalue weighted by Gasteiger charge is 2.27. The summed E-state index contributed by atoms with van der Waals surface area (Å²) >= 11 is 2.81. The number of carbonyl (C=O) groups is 2. The molecule has 0 fully saturated rings. The zero-order valence-corrected chi connectivity index (χ0v) is 21.6. The predicted octanol–water partition coefficient (Wildman–Crippen LogP) is 4.05. The Balaban J connectivity index is 1.48.